The maximum atomic E-state index is 13.8. The fourth-order valence-electron chi connectivity index (χ4n) is 3.08. The lowest BCUT2D eigenvalue weighted by molar-refractivity contribution is -0.574. The summed E-state index contributed by atoms with van der Waals surface area (Å²) in [5.41, 5.74) is 0. The van der Waals surface area contributed by atoms with Crippen molar-refractivity contribution in [1.82, 2.24) is 0 Å². The first kappa shape index (κ1) is 70.0. The number of esters is 1. The zero-order valence-corrected chi connectivity index (χ0v) is 31.6. The lowest BCUT2D eigenvalue weighted by Gasteiger charge is -2.40. The van der Waals surface area contributed by atoms with Crippen LogP contribution in [0.1, 0.15) is 0 Å². The number of halogens is 42. The molecule has 0 heterocycles. The maximum absolute atomic E-state index is 13.8. The Hall–Kier alpha value is -3.97. The fraction of sp³-hybridized carbons (Fsp3) is 0.875. The fourth-order valence-corrected chi connectivity index (χ4v) is 3.08. The zero-order chi connectivity index (χ0) is 60.8. The van der Waals surface area contributed by atoms with E-state index in [1.54, 1.807) is 0 Å². The topological polar surface area (TPSA) is 81.7 Å². The minimum Gasteiger partial charge on any atom is -0.454 e. The Kier molecular flexibility index (Phi) is 17.9. The van der Waals surface area contributed by atoms with Crippen molar-refractivity contribution in [3.8, 4) is 0 Å². The number of hydrogen-bond donors (Lipinski definition) is 0. The Morgan fingerprint density at radius 2 is 0.419 bits per heavy atom. The van der Waals surface area contributed by atoms with Crippen molar-refractivity contribution in [2.75, 3.05) is 6.61 Å². The van der Waals surface area contributed by atoms with Crippen molar-refractivity contribution >= 4 is 5.97 Å². The van der Waals surface area contributed by atoms with Gasteiger partial charge in [-0.25, -0.2) is 33.2 Å². The first-order valence-electron chi connectivity index (χ1n) is 15.3. The number of hydrogen-bond acceptors (Lipinski definition) is 8. The highest BCUT2D eigenvalue weighted by molar-refractivity contribution is 5.85. The van der Waals surface area contributed by atoms with Crippen LogP contribution in [0.3, 0.4) is 0 Å². The van der Waals surface area contributed by atoms with Crippen molar-refractivity contribution in [3.05, 3.63) is 12.4 Å². The van der Waals surface area contributed by atoms with Crippen LogP contribution in [0.5, 0.6) is 0 Å². The van der Waals surface area contributed by atoms with Crippen molar-refractivity contribution in [2.24, 2.45) is 0 Å². The molecule has 74 heavy (non-hydrogen) atoms. The molecule has 0 unspecified atom stereocenters. The van der Waals surface area contributed by atoms with Gasteiger partial charge in [0.25, 0.3) is 0 Å². The maximum Gasteiger partial charge on any atom is 0.462 e. The molecule has 0 aliphatic carbocycles. The molecule has 442 valence electrons. The SMILES string of the molecule is C=C(F)C(=O)OCC(F)(F)C(F)(F)OC(F)(F)C(F)(F)C(F)(F)OC(F)(F)C(F)(F)C(F)(F)OC(F)(F)C(F)(F)C(F)(F)OC(F)(F)C(F)(F)C(F)(F)OC(F)(F)C(F)(F)C(F)(F)OC(F)(F)C(F)(F)C(F)(F)F. The molecule has 0 atom stereocenters. The number of carbonyl (C=O) groups excluding carboxylic acids is 1. The Morgan fingerprint density at radius 3 is 0.568 bits per heavy atom. The van der Waals surface area contributed by atoms with Crippen LogP contribution in [-0.2, 0) is 38.0 Å². The first-order valence-corrected chi connectivity index (χ1v) is 15.3. The van der Waals surface area contributed by atoms with E-state index in [-0.39, 0.29) is 0 Å². The van der Waals surface area contributed by atoms with Gasteiger partial charge in [0.15, 0.2) is 6.61 Å². The average molecular weight is 1220 g/mol. The van der Waals surface area contributed by atoms with Crippen molar-refractivity contribution in [3.63, 3.8) is 0 Å². The summed E-state index contributed by atoms with van der Waals surface area (Å²) in [6.07, 6.45) is -114. The Labute approximate surface area is 369 Å². The lowest BCUT2D eigenvalue weighted by Crippen LogP contribution is -2.68. The van der Waals surface area contributed by atoms with E-state index in [9.17, 15) is 189 Å². The van der Waals surface area contributed by atoms with Gasteiger partial charge in [0.05, 0.1) is 0 Å². The Bertz CT molecular complexity index is 2000. The Balaban J connectivity index is 6.95. The molecule has 0 saturated carbocycles. The summed E-state index contributed by atoms with van der Waals surface area (Å²) in [5.74, 6) is -66.6. The third-order valence-corrected chi connectivity index (χ3v) is 6.95. The molecule has 0 aromatic carbocycles. The smallest absolute Gasteiger partial charge is 0.454 e. The van der Waals surface area contributed by atoms with E-state index in [1.807, 2.05) is 6.58 Å². The second kappa shape index (κ2) is 18.9. The third kappa shape index (κ3) is 12.1. The highest BCUT2D eigenvalue weighted by atomic mass is 19.4. The average Bonchev–Trinajstić information content (AvgIpc) is 3.09. The monoisotopic (exact) mass is 1220 g/mol. The van der Waals surface area contributed by atoms with Gasteiger partial charge in [0.2, 0.25) is 5.83 Å². The predicted octanol–water partition coefficient (Wildman–Crippen LogP) is 13.2. The molecule has 50 heteroatoms. The van der Waals surface area contributed by atoms with E-state index in [1.165, 1.54) is 4.74 Å². The van der Waals surface area contributed by atoms with E-state index in [0.29, 0.717) is 14.2 Å². The van der Waals surface area contributed by atoms with Gasteiger partial charge in [-0.2, -0.15) is 184 Å². The Morgan fingerprint density at radius 1 is 0.270 bits per heavy atom. The molecule has 0 saturated heterocycles. The third-order valence-electron chi connectivity index (χ3n) is 6.95. The van der Waals surface area contributed by atoms with Gasteiger partial charge >= 0.3 is 127 Å². The summed E-state index contributed by atoms with van der Waals surface area (Å²) in [6, 6.07) is 0. The van der Waals surface area contributed by atoms with Crippen LogP contribution in [0, 0.1) is 0 Å². The molecule has 0 N–H and O–H groups in total. The largest absolute Gasteiger partial charge is 0.462 e. The normalized spacial score (nSPS) is 16.5. The summed E-state index contributed by atoms with van der Waals surface area (Å²) < 4.78 is 572. The van der Waals surface area contributed by atoms with Gasteiger partial charge in [0.1, 0.15) is 0 Å². The summed E-state index contributed by atoms with van der Waals surface area (Å²) in [7, 11) is 0. The zero-order valence-electron chi connectivity index (χ0n) is 31.6. The van der Waals surface area contributed by atoms with Crippen LogP contribution in [0.25, 0.3) is 0 Å². The van der Waals surface area contributed by atoms with Crippen LogP contribution in [-0.4, -0.2) is 134 Å². The molecular formula is C24H4F42O8. The second-order valence-electron chi connectivity index (χ2n) is 12.4. The summed E-state index contributed by atoms with van der Waals surface area (Å²) >= 11 is 0. The van der Waals surface area contributed by atoms with Gasteiger partial charge in [-0.1, -0.05) is 6.58 Å². The number of alkyl halides is 41. The minimum absolute atomic E-state index is 0.629. The van der Waals surface area contributed by atoms with Crippen molar-refractivity contribution in [1.29, 1.82) is 0 Å². The van der Waals surface area contributed by atoms with Crippen LogP contribution < -0.4 is 0 Å². The van der Waals surface area contributed by atoms with Crippen LogP contribution in [0.4, 0.5) is 184 Å². The van der Waals surface area contributed by atoms with E-state index in [4.69, 9.17) is 0 Å². The summed E-state index contributed by atoms with van der Waals surface area (Å²) in [6.45, 7) is -1.65. The molecule has 8 nitrogen and oxygen atoms in total. The molecule has 0 aliphatic rings. The molecule has 0 spiro atoms. The highest BCUT2D eigenvalue weighted by Gasteiger charge is 2.90. The summed E-state index contributed by atoms with van der Waals surface area (Å²) in [4.78, 5) is 10.6. The molecule has 0 radical (unpaired) electrons. The first-order chi connectivity index (χ1) is 31.3. The quantitative estimate of drug-likeness (QED) is 0.0457. The molecular weight excluding hydrogens is 1210 g/mol. The van der Waals surface area contributed by atoms with Crippen molar-refractivity contribution < 1.29 is 222 Å². The van der Waals surface area contributed by atoms with Gasteiger partial charge in [-0.05, 0) is 0 Å². The minimum atomic E-state index is -9.41. The molecule has 0 fully saturated rings. The van der Waals surface area contributed by atoms with E-state index >= 15 is 0 Å². The van der Waals surface area contributed by atoms with Crippen molar-refractivity contribution in [2.45, 2.75) is 121 Å². The lowest BCUT2D eigenvalue weighted by atomic mass is 10.2. The van der Waals surface area contributed by atoms with Crippen LogP contribution in [0.2, 0.25) is 0 Å². The molecule has 0 bridgehead atoms. The van der Waals surface area contributed by atoms with Gasteiger partial charge in [-0.3, -0.25) is 0 Å². The molecule has 0 aromatic heterocycles. The second-order valence-corrected chi connectivity index (χ2v) is 12.4. The number of rotatable bonds is 27. The molecule has 0 amide bonds. The highest BCUT2D eigenvalue weighted by Crippen LogP contribution is 2.61. The molecule has 0 rings (SSSR count). The molecule has 0 aromatic rings. The van der Waals surface area contributed by atoms with Crippen LogP contribution in [0.15, 0.2) is 12.4 Å². The molecule has 0 aliphatic heterocycles. The van der Waals surface area contributed by atoms with E-state index in [0.717, 1.165) is 9.47 Å². The van der Waals surface area contributed by atoms with Crippen LogP contribution >= 0.6 is 0 Å². The van der Waals surface area contributed by atoms with Gasteiger partial charge in [0, 0.05) is 0 Å². The van der Waals surface area contributed by atoms with Gasteiger partial charge in [-0.15, -0.1) is 0 Å². The van der Waals surface area contributed by atoms with E-state index in [2.05, 4.69) is 4.74 Å². The van der Waals surface area contributed by atoms with E-state index < -0.39 is 139 Å². The summed E-state index contributed by atoms with van der Waals surface area (Å²) in [5, 5.41) is 0. The number of carbonyl (C=O) groups is 1. The van der Waals surface area contributed by atoms with Gasteiger partial charge < -0.3 is 4.74 Å². The standard InChI is InChI=1S/C24H4F42O8/c1-3(25)4(67)68-2-5(26,27)13(43,44)69-15(47,48)7(30,31)17(51,52)71-19(55,56)9(34,35)21(59,60)73-23(63,64)11(38,39)24(65,66)74-22(61,62)10(36,37)20(57,58)72-18(53,54)8(32,33)16(49,50)70-14(45,46)6(28,29)12(40,41)42/h1-2H2. The predicted molar refractivity (Wildman–Crippen MR) is 128 cm³/mol. The number of ether oxygens (including phenoxy) is 7.